The first-order valence-electron chi connectivity index (χ1n) is 9.24. The van der Waals surface area contributed by atoms with Crippen LogP contribution in [-0.2, 0) is 12.7 Å². The average Bonchev–Trinajstić information content (AvgIpc) is 3.02. The van der Waals surface area contributed by atoms with E-state index in [1.807, 2.05) is 19.3 Å². The van der Waals surface area contributed by atoms with Crippen molar-refractivity contribution in [1.29, 1.82) is 0 Å². The maximum absolute atomic E-state index is 13.5. The summed E-state index contributed by atoms with van der Waals surface area (Å²) in [5.41, 5.74) is 1.54. The smallest absolute Gasteiger partial charge is 0.299 e. The van der Waals surface area contributed by atoms with Gasteiger partial charge >= 0.3 is 6.18 Å². The summed E-state index contributed by atoms with van der Waals surface area (Å²) in [6.45, 7) is 5.85. The lowest BCUT2D eigenvalue weighted by Crippen LogP contribution is -2.33. The van der Waals surface area contributed by atoms with Crippen molar-refractivity contribution in [3.8, 4) is 0 Å². The van der Waals surface area contributed by atoms with E-state index in [4.69, 9.17) is 0 Å². The number of hydrogen-bond donors (Lipinski definition) is 0. The molecule has 28 heavy (non-hydrogen) atoms. The van der Waals surface area contributed by atoms with Gasteiger partial charge in [0.25, 0.3) is 0 Å². The molecule has 1 aliphatic heterocycles. The van der Waals surface area contributed by atoms with Crippen molar-refractivity contribution in [3.05, 3.63) is 53.0 Å². The normalized spacial score (nSPS) is 16.8. The lowest BCUT2D eigenvalue weighted by molar-refractivity contribution is -0.142. The van der Waals surface area contributed by atoms with Gasteiger partial charge in [-0.15, -0.1) is 0 Å². The Balaban J connectivity index is 1.51. The first-order chi connectivity index (χ1) is 13.3. The van der Waals surface area contributed by atoms with Crippen molar-refractivity contribution < 1.29 is 13.2 Å². The molecule has 0 unspecified atom stereocenters. The zero-order valence-electron chi connectivity index (χ0n) is 15.7. The summed E-state index contributed by atoms with van der Waals surface area (Å²) in [5, 5.41) is 3.94. The molecule has 6 nitrogen and oxygen atoms in total. The van der Waals surface area contributed by atoms with Crippen molar-refractivity contribution in [2.24, 2.45) is 0 Å². The van der Waals surface area contributed by atoms with E-state index in [9.17, 15) is 13.2 Å². The molecule has 3 aromatic rings. The minimum absolute atomic E-state index is 0.00632. The SMILES string of the molecule is Cc1cc2nc(C3CCN(Cc4cnc(C)nc4)CC3)cc(C(F)(F)F)n2n1. The molecule has 4 heterocycles. The molecule has 0 N–H and O–H groups in total. The van der Waals surface area contributed by atoms with E-state index in [-0.39, 0.29) is 11.6 Å². The minimum atomic E-state index is -4.47. The highest BCUT2D eigenvalue weighted by atomic mass is 19.4. The Morgan fingerprint density at radius 1 is 1.07 bits per heavy atom. The summed E-state index contributed by atoms with van der Waals surface area (Å²) >= 11 is 0. The van der Waals surface area contributed by atoms with Gasteiger partial charge in [-0.05, 0) is 45.8 Å². The summed E-state index contributed by atoms with van der Waals surface area (Å²) in [4.78, 5) is 15.2. The van der Waals surface area contributed by atoms with Crippen LogP contribution >= 0.6 is 0 Å². The third-order valence-electron chi connectivity index (χ3n) is 5.11. The van der Waals surface area contributed by atoms with Crippen LogP contribution in [0.2, 0.25) is 0 Å². The Labute approximate surface area is 160 Å². The zero-order valence-corrected chi connectivity index (χ0v) is 15.7. The zero-order chi connectivity index (χ0) is 19.9. The van der Waals surface area contributed by atoms with Crippen molar-refractivity contribution >= 4 is 5.65 Å². The summed E-state index contributed by atoms with van der Waals surface area (Å²) < 4.78 is 41.4. The maximum atomic E-state index is 13.5. The standard InChI is InChI=1S/C19H21F3N6/c1-12-7-18-25-16(8-17(19(20,21)22)28(18)26-12)15-3-5-27(6-4-15)11-14-9-23-13(2)24-10-14/h7-10,15H,3-6,11H2,1-2H3. The Morgan fingerprint density at radius 3 is 2.39 bits per heavy atom. The van der Waals surface area contributed by atoms with Gasteiger partial charge in [0.1, 0.15) is 11.5 Å². The number of halogens is 3. The van der Waals surface area contributed by atoms with Crippen LogP contribution < -0.4 is 0 Å². The largest absolute Gasteiger partial charge is 0.433 e. The van der Waals surface area contributed by atoms with Gasteiger partial charge < -0.3 is 0 Å². The molecule has 0 bridgehead atoms. The molecular weight excluding hydrogens is 369 g/mol. The lowest BCUT2D eigenvalue weighted by Gasteiger charge is -2.31. The van der Waals surface area contributed by atoms with Crippen molar-refractivity contribution in [2.75, 3.05) is 13.1 Å². The van der Waals surface area contributed by atoms with E-state index >= 15 is 0 Å². The third-order valence-corrected chi connectivity index (χ3v) is 5.11. The van der Waals surface area contributed by atoms with Crippen molar-refractivity contribution in [1.82, 2.24) is 29.5 Å². The highest BCUT2D eigenvalue weighted by molar-refractivity contribution is 5.42. The van der Waals surface area contributed by atoms with Gasteiger partial charge in [0, 0.05) is 42.2 Å². The Bertz CT molecular complexity index is 972. The summed E-state index contributed by atoms with van der Waals surface area (Å²) in [7, 11) is 0. The molecule has 0 radical (unpaired) electrons. The van der Waals surface area contributed by atoms with E-state index in [1.54, 1.807) is 13.0 Å². The topological polar surface area (TPSA) is 59.2 Å². The highest BCUT2D eigenvalue weighted by Gasteiger charge is 2.36. The van der Waals surface area contributed by atoms with E-state index in [0.29, 0.717) is 11.4 Å². The van der Waals surface area contributed by atoms with Gasteiger partial charge in [-0.1, -0.05) is 0 Å². The quantitative estimate of drug-likeness (QED) is 0.685. The number of aryl methyl sites for hydroxylation is 2. The van der Waals surface area contributed by atoms with Gasteiger partial charge in [-0.3, -0.25) is 4.90 Å². The molecule has 0 aromatic carbocycles. The fourth-order valence-corrected chi connectivity index (χ4v) is 3.67. The predicted molar refractivity (Wildman–Crippen MR) is 96.7 cm³/mol. The van der Waals surface area contributed by atoms with Crippen molar-refractivity contribution in [3.63, 3.8) is 0 Å². The molecular formula is C19H21F3N6. The van der Waals surface area contributed by atoms with E-state index < -0.39 is 11.9 Å². The fraction of sp³-hybridized carbons (Fsp3) is 0.474. The van der Waals surface area contributed by atoms with Crippen LogP contribution in [0.3, 0.4) is 0 Å². The maximum Gasteiger partial charge on any atom is 0.433 e. The number of fused-ring (bicyclic) bond motifs is 1. The molecule has 1 aliphatic rings. The Hall–Kier alpha value is -2.55. The van der Waals surface area contributed by atoms with Crippen molar-refractivity contribution in [2.45, 2.75) is 45.3 Å². The number of rotatable bonds is 3. The molecule has 0 spiro atoms. The molecule has 3 aromatic heterocycles. The lowest BCUT2D eigenvalue weighted by atomic mass is 9.92. The second kappa shape index (κ2) is 7.12. The van der Waals surface area contributed by atoms with Crippen LogP contribution in [-0.4, -0.2) is 42.6 Å². The third kappa shape index (κ3) is 3.84. The first kappa shape index (κ1) is 18.8. The molecule has 0 amide bonds. The second-order valence-electron chi connectivity index (χ2n) is 7.31. The first-order valence-corrected chi connectivity index (χ1v) is 9.24. The molecule has 148 valence electrons. The number of nitrogens with zero attached hydrogens (tertiary/aromatic N) is 6. The van der Waals surface area contributed by atoms with Gasteiger partial charge in [0.2, 0.25) is 0 Å². The number of piperidine rings is 1. The van der Waals surface area contributed by atoms with Crippen LogP contribution in [0, 0.1) is 13.8 Å². The van der Waals surface area contributed by atoms with Crippen LogP contribution in [0.25, 0.3) is 5.65 Å². The summed E-state index contributed by atoms with van der Waals surface area (Å²) in [5.74, 6) is 0.742. The predicted octanol–water partition coefficient (Wildman–Crippen LogP) is 3.53. The van der Waals surface area contributed by atoms with Gasteiger partial charge in [-0.2, -0.15) is 18.3 Å². The van der Waals surface area contributed by atoms with Crippen LogP contribution in [0.4, 0.5) is 13.2 Å². The average molecular weight is 390 g/mol. The summed E-state index contributed by atoms with van der Waals surface area (Å²) in [6, 6.07) is 2.75. The van der Waals surface area contributed by atoms with Gasteiger partial charge in [-0.25, -0.2) is 19.5 Å². The van der Waals surface area contributed by atoms with Gasteiger partial charge in [0.15, 0.2) is 5.65 Å². The summed E-state index contributed by atoms with van der Waals surface area (Å²) in [6.07, 6.45) is 0.699. The molecule has 1 fully saturated rings. The van der Waals surface area contributed by atoms with E-state index in [2.05, 4.69) is 25.0 Å². The highest BCUT2D eigenvalue weighted by Crippen LogP contribution is 2.34. The second-order valence-corrected chi connectivity index (χ2v) is 7.31. The van der Waals surface area contributed by atoms with E-state index in [0.717, 1.165) is 54.4 Å². The molecule has 1 saturated heterocycles. The minimum Gasteiger partial charge on any atom is -0.299 e. The van der Waals surface area contributed by atoms with Crippen LogP contribution in [0.1, 0.15) is 47.2 Å². The number of likely N-dealkylation sites (tertiary alicyclic amines) is 1. The number of hydrogen-bond acceptors (Lipinski definition) is 5. The van der Waals surface area contributed by atoms with Crippen LogP contribution in [0.5, 0.6) is 0 Å². The number of aromatic nitrogens is 5. The monoisotopic (exact) mass is 390 g/mol. The Kier molecular flexibility index (Phi) is 4.78. The molecule has 0 atom stereocenters. The van der Waals surface area contributed by atoms with E-state index in [1.165, 1.54) is 0 Å². The Morgan fingerprint density at radius 2 is 1.75 bits per heavy atom. The van der Waals surface area contributed by atoms with Crippen LogP contribution in [0.15, 0.2) is 24.5 Å². The number of alkyl halides is 3. The molecule has 4 rings (SSSR count). The van der Waals surface area contributed by atoms with Gasteiger partial charge in [0.05, 0.1) is 5.69 Å². The fourth-order valence-electron chi connectivity index (χ4n) is 3.67. The molecule has 0 saturated carbocycles. The molecule has 9 heteroatoms. The molecule has 0 aliphatic carbocycles.